The molecule has 228 valence electrons. The van der Waals surface area contributed by atoms with Crippen LogP contribution in [-0.2, 0) is 5.41 Å². The highest BCUT2D eigenvalue weighted by molar-refractivity contribution is 7.26. The molecule has 0 radical (unpaired) electrons. The van der Waals surface area contributed by atoms with Crippen molar-refractivity contribution in [1.82, 2.24) is 4.57 Å². The van der Waals surface area contributed by atoms with Crippen molar-refractivity contribution in [3.8, 4) is 16.8 Å². The molecule has 1 aliphatic carbocycles. The van der Waals surface area contributed by atoms with Crippen molar-refractivity contribution < 1.29 is 0 Å². The summed E-state index contributed by atoms with van der Waals surface area (Å²) in [5.74, 6) is 0. The maximum absolute atomic E-state index is 2.47. The molecule has 0 bridgehead atoms. The van der Waals surface area contributed by atoms with Gasteiger partial charge in [0.2, 0.25) is 0 Å². The number of thiophene rings is 1. The molecule has 48 heavy (non-hydrogen) atoms. The molecule has 0 fully saturated rings. The predicted molar refractivity (Wildman–Crippen MR) is 206 cm³/mol. The molecule has 2 heterocycles. The Morgan fingerprint density at radius 2 is 1.15 bits per heavy atom. The standard InChI is InChI=1S/C45H32N2S/c1-45(2)39-17-9-6-14-33(39)34-25-24-32(28-40(34)45)46(29-12-4-3-5-13-29)30-20-22-31(23-21-30)47-41-18-10-7-15-35(41)37-26-27-38-36-16-8-11-19-42(36)48-44(38)43(37)47/h3-28H,1-2H3. The van der Waals surface area contributed by atoms with Crippen LogP contribution in [-0.4, -0.2) is 4.57 Å². The van der Waals surface area contributed by atoms with Crippen molar-refractivity contribution in [2.45, 2.75) is 19.3 Å². The summed E-state index contributed by atoms with van der Waals surface area (Å²) < 4.78 is 5.13. The minimum atomic E-state index is -0.0668. The molecule has 2 aromatic heterocycles. The number of fused-ring (bicyclic) bond motifs is 10. The van der Waals surface area contributed by atoms with Gasteiger partial charge in [0.05, 0.1) is 15.7 Å². The van der Waals surface area contributed by atoms with Gasteiger partial charge in [-0.2, -0.15) is 0 Å². The lowest BCUT2D eigenvalue weighted by Crippen LogP contribution is -2.16. The average Bonchev–Trinajstić information content (AvgIpc) is 3.75. The fraction of sp³-hybridized carbons (Fsp3) is 0.0667. The van der Waals surface area contributed by atoms with E-state index in [0.29, 0.717) is 0 Å². The lowest BCUT2D eigenvalue weighted by atomic mass is 9.82. The van der Waals surface area contributed by atoms with E-state index in [2.05, 4.69) is 181 Å². The highest BCUT2D eigenvalue weighted by atomic mass is 32.1. The maximum Gasteiger partial charge on any atom is 0.0719 e. The molecule has 0 saturated carbocycles. The average molecular weight is 633 g/mol. The number of aromatic nitrogens is 1. The molecular weight excluding hydrogens is 601 g/mol. The summed E-state index contributed by atoms with van der Waals surface area (Å²) in [4.78, 5) is 2.39. The van der Waals surface area contributed by atoms with Crippen LogP contribution in [0.1, 0.15) is 25.0 Å². The number of hydrogen-bond acceptors (Lipinski definition) is 2. The Bertz CT molecular complexity index is 2690. The molecule has 0 atom stereocenters. The van der Waals surface area contributed by atoms with E-state index < -0.39 is 0 Å². The van der Waals surface area contributed by atoms with E-state index in [-0.39, 0.29) is 5.41 Å². The van der Waals surface area contributed by atoms with Gasteiger partial charge in [-0.25, -0.2) is 0 Å². The van der Waals surface area contributed by atoms with Gasteiger partial charge in [0, 0.05) is 54.4 Å². The topological polar surface area (TPSA) is 8.17 Å². The molecule has 0 amide bonds. The van der Waals surface area contributed by atoms with Crippen LogP contribution in [0.4, 0.5) is 17.1 Å². The number of anilines is 3. The third kappa shape index (κ3) is 3.85. The van der Waals surface area contributed by atoms with Crippen LogP contribution in [0.3, 0.4) is 0 Å². The third-order valence-electron chi connectivity index (χ3n) is 10.4. The van der Waals surface area contributed by atoms with Crippen molar-refractivity contribution in [3.05, 3.63) is 169 Å². The van der Waals surface area contributed by atoms with Crippen LogP contribution in [0.15, 0.2) is 158 Å². The first kappa shape index (κ1) is 27.5. The zero-order valence-electron chi connectivity index (χ0n) is 26.8. The summed E-state index contributed by atoms with van der Waals surface area (Å²) in [6, 6.07) is 57.9. The van der Waals surface area contributed by atoms with Crippen LogP contribution in [0.2, 0.25) is 0 Å². The molecule has 0 unspecified atom stereocenters. The summed E-state index contributed by atoms with van der Waals surface area (Å²) in [5, 5.41) is 5.22. The van der Waals surface area contributed by atoms with E-state index in [4.69, 9.17) is 0 Å². The van der Waals surface area contributed by atoms with Crippen LogP contribution in [0.25, 0.3) is 58.8 Å². The van der Waals surface area contributed by atoms with Crippen LogP contribution >= 0.6 is 11.3 Å². The lowest BCUT2D eigenvalue weighted by Gasteiger charge is -2.28. The van der Waals surface area contributed by atoms with Crippen LogP contribution in [0, 0.1) is 0 Å². The number of rotatable bonds is 4. The zero-order valence-corrected chi connectivity index (χ0v) is 27.6. The Kier molecular flexibility index (Phi) is 5.82. The Morgan fingerprint density at radius 1 is 0.500 bits per heavy atom. The smallest absolute Gasteiger partial charge is 0.0719 e. The number of nitrogens with zero attached hydrogens (tertiary/aromatic N) is 2. The predicted octanol–water partition coefficient (Wildman–Crippen LogP) is 12.9. The van der Waals surface area contributed by atoms with Crippen LogP contribution in [0.5, 0.6) is 0 Å². The molecule has 0 spiro atoms. The van der Waals surface area contributed by atoms with Crippen molar-refractivity contribution >= 4 is 70.4 Å². The quantitative estimate of drug-likeness (QED) is 0.187. The maximum atomic E-state index is 2.47. The van der Waals surface area contributed by atoms with Gasteiger partial charge in [-0.3, -0.25) is 0 Å². The van der Waals surface area contributed by atoms with Gasteiger partial charge in [-0.15, -0.1) is 11.3 Å². The Morgan fingerprint density at radius 3 is 2.00 bits per heavy atom. The molecule has 0 saturated heterocycles. The van der Waals surface area contributed by atoms with Crippen molar-refractivity contribution in [1.29, 1.82) is 0 Å². The Labute approximate surface area is 283 Å². The highest BCUT2D eigenvalue weighted by Gasteiger charge is 2.35. The first-order chi connectivity index (χ1) is 23.6. The summed E-state index contributed by atoms with van der Waals surface area (Å²) in [6.07, 6.45) is 0. The van der Waals surface area contributed by atoms with Gasteiger partial charge < -0.3 is 9.47 Å². The van der Waals surface area contributed by atoms with Gasteiger partial charge in [0.1, 0.15) is 0 Å². The fourth-order valence-electron chi connectivity index (χ4n) is 8.11. The monoisotopic (exact) mass is 632 g/mol. The molecule has 7 aromatic carbocycles. The van der Waals surface area contributed by atoms with Crippen molar-refractivity contribution in [2.75, 3.05) is 4.90 Å². The van der Waals surface area contributed by atoms with E-state index in [1.807, 2.05) is 11.3 Å². The van der Waals surface area contributed by atoms with E-state index in [1.54, 1.807) is 0 Å². The van der Waals surface area contributed by atoms with Gasteiger partial charge in [-0.05, 0) is 82.9 Å². The number of para-hydroxylation sites is 2. The third-order valence-corrected chi connectivity index (χ3v) is 11.6. The fourth-order valence-corrected chi connectivity index (χ4v) is 9.35. The first-order valence-electron chi connectivity index (χ1n) is 16.6. The summed E-state index contributed by atoms with van der Waals surface area (Å²) in [6.45, 7) is 4.70. The van der Waals surface area contributed by atoms with Crippen molar-refractivity contribution in [2.24, 2.45) is 0 Å². The van der Waals surface area contributed by atoms with E-state index in [0.717, 1.165) is 22.7 Å². The molecular formula is C45H32N2S. The van der Waals surface area contributed by atoms with E-state index >= 15 is 0 Å². The molecule has 1 aliphatic rings. The molecule has 2 nitrogen and oxygen atoms in total. The minimum Gasteiger partial charge on any atom is -0.310 e. The first-order valence-corrected chi connectivity index (χ1v) is 17.4. The Hall–Kier alpha value is -5.64. The molecule has 10 rings (SSSR count). The van der Waals surface area contributed by atoms with Gasteiger partial charge in [0.25, 0.3) is 0 Å². The lowest BCUT2D eigenvalue weighted by molar-refractivity contribution is 0.660. The largest absolute Gasteiger partial charge is 0.310 e. The second-order valence-corrected chi connectivity index (χ2v) is 14.4. The minimum absolute atomic E-state index is 0.0668. The van der Waals surface area contributed by atoms with Crippen LogP contribution < -0.4 is 4.90 Å². The molecule has 0 N–H and O–H groups in total. The van der Waals surface area contributed by atoms with E-state index in [1.165, 1.54) is 64.2 Å². The normalized spacial score (nSPS) is 13.4. The summed E-state index contributed by atoms with van der Waals surface area (Å²) in [5.41, 5.74) is 12.5. The highest BCUT2D eigenvalue weighted by Crippen LogP contribution is 2.51. The SMILES string of the molecule is CC1(C)c2ccccc2-c2ccc(N(c3ccccc3)c3ccc(-n4c5ccccc5c5ccc6c7ccccc7sc6c54)cc3)cc21. The molecule has 3 heteroatoms. The van der Waals surface area contributed by atoms with Gasteiger partial charge in [-0.1, -0.05) is 111 Å². The van der Waals surface area contributed by atoms with Gasteiger partial charge in [0.15, 0.2) is 0 Å². The number of benzene rings is 7. The summed E-state index contributed by atoms with van der Waals surface area (Å²) in [7, 11) is 0. The van der Waals surface area contributed by atoms with E-state index in [9.17, 15) is 0 Å². The Balaban J connectivity index is 1.15. The second kappa shape index (κ2) is 10.2. The second-order valence-electron chi connectivity index (χ2n) is 13.4. The zero-order chi connectivity index (χ0) is 32.0. The molecule has 0 aliphatic heterocycles. The molecule has 9 aromatic rings. The van der Waals surface area contributed by atoms with Gasteiger partial charge >= 0.3 is 0 Å². The number of hydrogen-bond donors (Lipinski definition) is 0. The summed E-state index contributed by atoms with van der Waals surface area (Å²) >= 11 is 1.89. The van der Waals surface area contributed by atoms with Crippen molar-refractivity contribution in [3.63, 3.8) is 0 Å².